The SMILES string of the molecule is CN(Cc1ccc(Cl)c(Cl)c1)C(=O)c1ccc(NC(=O)C2CC2)cc1. The Labute approximate surface area is 156 Å². The summed E-state index contributed by atoms with van der Waals surface area (Å²) in [6, 6.07) is 12.3. The molecule has 1 N–H and O–H groups in total. The van der Waals surface area contributed by atoms with Gasteiger partial charge in [-0.2, -0.15) is 0 Å². The zero-order valence-corrected chi connectivity index (χ0v) is 15.3. The number of rotatable bonds is 5. The van der Waals surface area contributed by atoms with E-state index in [1.54, 1.807) is 48.3 Å². The van der Waals surface area contributed by atoms with Gasteiger partial charge in [-0.25, -0.2) is 0 Å². The van der Waals surface area contributed by atoms with Crippen LogP contribution in [0.25, 0.3) is 0 Å². The van der Waals surface area contributed by atoms with Gasteiger partial charge in [0.1, 0.15) is 0 Å². The fourth-order valence-electron chi connectivity index (χ4n) is 2.49. The standard InChI is InChI=1S/C19H18Cl2N2O2/c1-23(11-12-2-9-16(20)17(21)10-12)19(25)14-5-7-15(8-6-14)22-18(24)13-3-4-13/h2,5-10,13H,3-4,11H2,1H3,(H,22,24). The maximum atomic E-state index is 12.5. The molecule has 3 rings (SSSR count). The summed E-state index contributed by atoms with van der Waals surface area (Å²) in [7, 11) is 1.73. The summed E-state index contributed by atoms with van der Waals surface area (Å²) in [6.45, 7) is 0.426. The Balaban J connectivity index is 1.62. The maximum absolute atomic E-state index is 12.5. The maximum Gasteiger partial charge on any atom is 0.253 e. The van der Waals surface area contributed by atoms with Gasteiger partial charge in [-0.1, -0.05) is 29.3 Å². The minimum absolute atomic E-state index is 0.0517. The first kappa shape index (κ1) is 17.8. The van der Waals surface area contributed by atoms with Crippen molar-refractivity contribution in [2.24, 2.45) is 5.92 Å². The van der Waals surface area contributed by atoms with E-state index in [9.17, 15) is 9.59 Å². The van der Waals surface area contributed by atoms with Crippen molar-refractivity contribution in [1.29, 1.82) is 0 Å². The predicted molar refractivity (Wildman–Crippen MR) is 100 cm³/mol. The van der Waals surface area contributed by atoms with Crippen LogP contribution in [-0.4, -0.2) is 23.8 Å². The van der Waals surface area contributed by atoms with Crippen LogP contribution in [-0.2, 0) is 11.3 Å². The highest BCUT2D eigenvalue weighted by atomic mass is 35.5. The number of hydrogen-bond acceptors (Lipinski definition) is 2. The fourth-order valence-corrected chi connectivity index (χ4v) is 2.81. The largest absolute Gasteiger partial charge is 0.337 e. The molecule has 0 aliphatic heterocycles. The lowest BCUT2D eigenvalue weighted by Crippen LogP contribution is -2.26. The molecule has 0 saturated heterocycles. The van der Waals surface area contributed by atoms with Crippen LogP contribution in [0.3, 0.4) is 0 Å². The van der Waals surface area contributed by atoms with Crippen molar-refractivity contribution >= 4 is 40.7 Å². The number of nitrogens with zero attached hydrogens (tertiary/aromatic N) is 1. The molecule has 0 spiro atoms. The second kappa shape index (κ2) is 7.46. The van der Waals surface area contributed by atoms with Gasteiger partial charge in [-0.05, 0) is 54.8 Å². The van der Waals surface area contributed by atoms with Gasteiger partial charge < -0.3 is 10.2 Å². The average Bonchev–Trinajstić information content (AvgIpc) is 3.43. The van der Waals surface area contributed by atoms with Crippen molar-refractivity contribution in [3.8, 4) is 0 Å². The van der Waals surface area contributed by atoms with Gasteiger partial charge in [0.2, 0.25) is 5.91 Å². The highest BCUT2D eigenvalue weighted by Gasteiger charge is 2.29. The first-order chi connectivity index (χ1) is 11.9. The van der Waals surface area contributed by atoms with Crippen LogP contribution in [0.1, 0.15) is 28.8 Å². The number of carbonyl (C=O) groups is 2. The minimum Gasteiger partial charge on any atom is -0.337 e. The van der Waals surface area contributed by atoms with E-state index < -0.39 is 0 Å². The third-order valence-corrected chi connectivity index (χ3v) is 4.84. The molecule has 25 heavy (non-hydrogen) atoms. The molecule has 0 unspecified atom stereocenters. The second-order valence-electron chi connectivity index (χ2n) is 6.25. The van der Waals surface area contributed by atoms with Gasteiger partial charge in [0.15, 0.2) is 0 Å². The van der Waals surface area contributed by atoms with Crippen LogP contribution < -0.4 is 5.32 Å². The molecule has 1 aliphatic rings. The molecule has 1 saturated carbocycles. The first-order valence-corrected chi connectivity index (χ1v) is 8.80. The average molecular weight is 377 g/mol. The van der Waals surface area contributed by atoms with E-state index in [1.165, 1.54) is 0 Å². The monoisotopic (exact) mass is 376 g/mol. The lowest BCUT2D eigenvalue weighted by atomic mass is 10.1. The summed E-state index contributed by atoms with van der Waals surface area (Å²) in [5, 5.41) is 3.82. The summed E-state index contributed by atoms with van der Waals surface area (Å²) in [4.78, 5) is 25.9. The zero-order chi connectivity index (χ0) is 18.0. The molecule has 0 radical (unpaired) electrons. The molecule has 1 aliphatic carbocycles. The first-order valence-electron chi connectivity index (χ1n) is 8.04. The molecule has 0 bridgehead atoms. The van der Waals surface area contributed by atoms with Crippen LogP contribution in [0, 0.1) is 5.92 Å². The molecule has 0 atom stereocenters. The molecule has 2 aromatic carbocycles. The summed E-state index contributed by atoms with van der Waals surface area (Å²) in [5.74, 6) is 0.0978. The normalized spacial score (nSPS) is 13.4. The Morgan fingerprint density at radius 1 is 1.08 bits per heavy atom. The number of hydrogen-bond donors (Lipinski definition) is 1. The highest BCUT2D eigenvalue weighted by Crippen LogP contribution is 2.30. The number of benzene rings is 2. The molecule has 6 heteroatoms. The number of amides is 2. The molecular weight excluding hydrogens is 359 g/mol. The Morgan fingerprint density at radius 3 is 2.36 bits per heavy atom. The van der Waals surface area contributed by atoms with Crippen molar-refractivity contribution in [2.75, 3.05) is 12.4 Å². The third kappa shape index (κ3) is 4.53. The summed E-state index contributed by atoms with van der Waals surface area (Å²) >= 11 is 11.9. The number of anilines is 1. The number of carbonyl (C=O) groups excluding carboxylic acids is 2. The molecule has 1 fully saturated rings. The van der Waals surface area contributed by atoms with E-state index >= 15 is 0 Å². The quantitative estimate of drug-likeness (QED) is 0.827. The molecule has 4 nitrogen and oxygen atoms in total. The van der Waals surface area contributed by atoms with E-state index in [1.807, 2.05) is 6.07 Å². The molecule has 2 aromatic rings. The van der Waals surface area contributed by atoms with Crippen LogP contribution >= 0.6 is 23.2 Å². The molecular formula is C19H18Cl2N2O2. The van der Waals surface area contributed by atoms with Crippen LogP contribution in [0.4, 0.5) is 5.69 Å². The van der Waals surface area contributed by atoms with E-state index in [0.717, 1.165) is 18.4 Å². The van der Waals surface area contributed by atoms with Gasteiger partial charge in [0.25, 0.3) is 5.91 Å². The lowest BCUT2D eigenvalue weighted by molar-refractivity contribution is -0.117. The molecule has 130 valence electrons. The molecule has 0 heterocycles. The van der Waals surface area contributed by atoms with Crippen molar-refractivity contribution in [3.63, 3.8) is 0 Å². The smallest absolute Gasteiger partial charge is 0.253 e. The second-order valence-corrected chi connectivity index (χ2v) is 7.06. The van der Waals surface area contributed by atoms with Crippen LogP contribution in [0.15, 0.2) is 42.5 Å². The van der Waals surface area contributed by atoms with E-state index in [4.69, 9.17) is 23.2 Å². The van der Waals surface area contributed by atoms with Crippen molar-refractivity contribution in [3.05, 3.63) is 63.6 Å². The third-order valence-electron chi connectivity index (χ3n) is 4.10. The fraction of sp³-hybridized carbons (Fsp3) is 0.263. The summed E-state index contributed by atoms with van der Waals surface area (Å²) in [6.07, 6.45) is 1.92. The predicted octanol–water partition coefficient (Wildman–Crippen LogP) is 4.61. The Kier molecular flexibility index (Phi) is 5.30. The Hall–Kier alpha value is -2.04. The van der Waals surface area contributed by atoms with Gasteiger partial charge >= 0.3 is 0 Å². The number of nitrogens with one attached hydrogen (secondary N) is 1. The van der Waals surface area contributed by atoms with Crippen molar-refractivity contribution in [2.45, 2.75) is 19.4 Å². The summed E-state index contributed by atoms with van der Waals surface area (Å²) in [5.41, 5.74) is 2.17. The summed E-state index contributed by atoms with van der Waals surface area (Å²) < 4.78 is 0. The highest BCUT2D eigenvalue weighted by molar-refractivity contribution is 6.42. The van der Waals surface area contributed by atoms with Crippen molar-refractivity contribution in [1.82, 2.24) is 4.90 Å². The van der Waals surface area contributed by atoms with E-state index in [2.05, 4.69) is 5.32 Å². The lowest BCUT2D eigenvalue weighted by Gasteiger charge is -2.18. The molecule has 0 aromatic heterocycles. The van der Waals surface area contributed by atoms with E-state index in [-0.39, 0.29) is 17.7 Å². The minimum atomic E-state index is -0.105. The van der Waals surface area contributed by atoms with Gasteiger partial charge in [0.05, 0.1) is 10.0 Å². The van der Waals surface area contributed by atoms with Crippen LogP contribution in [0.2, 0.25) is 10.0 Å². The topological polar surface area (TPSA) is 49.4 Å². The van der Waals surface area contributed by atoms with Crippen molar-refractivity contribution < 1.29 is 9.59 Å². The van der Waals surface area contributed by atoms with Crippen LogP contribution in [0.5, 0.6) is 0 Å². The molecule has 2 amide bonds. The Morgan fingerprint density at radius 2 is 1.76 bits per heavy atom. The van der Waals surface area contributed by atoms with E-state index in [0.29, 0.717) is 27.8 Å². The zero-order valence-electron chi connectivity index (χ0n) is 13.8. The number of halogens is 2. The van der Waals surface area contributed by atoms with Gasteiger partial charge in [0, 0.05) is 30.8 Å². The van der Waals surface area contributed by atoms with Gasteiger partial charge in [-0.3, -0.25) is 9.59 Å². The van der Waals surface area contributed by atoms with Gasteiger partial charge in [-0.15, -0.1) is 0 Å². The Bertz CT molecular complexity index is 802.